The van der Waals surface area contributed by atoms with Gasteiger partial charge in [0.25, 0.3) is 0 Å². The van der Waals surface area contributed by atoms with Gasteiger partial charge in [-0.1, -0.05) is 15.9 Å². The van der Waals surface area contributed by atoms with Gasteiger partial charge in [0.15, 0.2) is 5.69 Å². The van der Waals surface area contributed by atoms with Crippen LogP contribution in [0.3, 0.4) is 0 Å². The van der Waals surface area contributed by atoms with Crippen molar-refractivity contribution in [3.8, 4) is 0 Å². The summed E-state index contributed by atoms with van der Waals surface area (Å²) in [4.78, 5) is 20.9. The summed E-state index contributed by atoms with van der Waals surface area (Å²) in [5.41, 5.74) is 2.08. The van der Waals surface area contributed by atoms with Crippen molar-refractivity contribution < 1.29 is 14.6 Å². The van der Waals surface area contributed by atoms with Crippen LogP contribution < -0.4 is 4.90 Å². The first kappa shape index (κ1) is 18.1. The zero-order valence-corrected chi connectivity index (χ0v) is 16.0. The number of benzene rings is 1. The van der Waals surface area contributed by atoms with E-state index in [1.54, 1.807) is 0 Å². The highest BCUT2D eigenvalue weighted by atomic mass is 79.9. The Balaban J connectivity index is 1.94. The van der Waals surface area contributed by atoms with Gasteiger partial charge in [0.2, 0.25) is 0 Å². The van der Waals surface area contributed by atoms with Gasteiger partial charge in [0, 0.05) is 48.3 Å². The van der Waals surface area contributed by atoms with E-state index in [2.05, 4.69) is 30.7 Å². The largest absolute Gasteiger partial charge is 0.464 e. The van der Waals surface area contributed by atoms with Gasteiger partial charge in [-0.05, 0) is 31.2 Å². The minimum Gasteiger partial charge on any atom is -0.464 e. The van der Waals surface area contributed by atoms with Crippen LogP contribution in [0.2, 0.25) is 0 Å². The van der Waals surface area contributed by atoms with E-state index >= 15 is 0 Å². The number of ether oxygens (including phenoxy) is 1. The van der Waals surface area contributed by atoms with E-state index in [0.717, 1.165) is 47.2 Å². The number of carbonyl (C=O) groups is 1. The molecule has 0 unspecified atom stereocenters. The van der Waals surface area contributed by atoms with Crippen molar-refractivity contribution in [2.24, 2.45) is 0 Å². The van der Waals surface area contributed by atoms with Crippen molar-refractivity contribution in [2.45, 2.75) is 13.0 Å². The van der Waals surface area contributed by atoms with Gasteiger partial charge in [0.05, 0.1) is 18.7 Å². The first-order valence-electron chi connectivity index (χ1n) is 8.32. The number of anilines is 1. The van der Waals surface area contributed by atoms with Gasteiger partial charge in [-0.15, -0.1) is 0 Å². The van der Waals surface area contributed by atoms with Gasteiger partial charge < -0.3 is 14.7 Å². The SMILES string of the molecule is COC(=O)c1cc(N2CCN(C[C@@H](C)O)CC2)c2cc(Br)ccc2n1. The molecular formula is C18H22BrN3O3. The summed E-state index contributed by atoms with van der Waals surface area (Å²) in [5, 5.41) is 10.6. The number of rotatable bonds is 4. The lowest BCUT2D eigenvalue weighted by molar-refractivity contribution is 0.0594. The molecule has 0 bridgehead atoms. The van der Waals surface area contributed by atoms with E-state index in [9.17, 15) is 9.90 Å². The molecule has 1 saturated heterocycles. The number of pyridine rings is 1. The zero-order chi connectivity index (χ0) is 18.0. The molecule has 0 radical (unpaired) electrons. The molecule has 1 atom stereocenters. The highest BCUT2D eigenvalue weighted by Gasteiger charge is 2.22. The third-order valence-corrected chi connectivity index (χ3v) is 4.87. The number of aromatic nitrogens is 1. The first-order valence-corrected chi connectivity index (χ1v) is 9.11. The lowest BCUT2D eigenvalue weighted by Crippen LogP contribution is -2.48. The maximum Gasteiger partial charge on any atom is 0.356 e. The summed E-state index contributed by atoms with van der Waals surface area (Å²) in [6.45, 7) is 5.90. The number of carbonyl (C=O) groups excluding carboxylic acids is 1. The Morgan fingerprint density at radius 3 is 2.68 bits per heavy atom. The van der Waals surface area contributed by atoms with E-state index in [4.69, 9.17) is 4.74 Å². The number of β-amino-alcohol motifs (C(OH)–C–C–N with tert-alkyl or cyclic N) is 1. The Morgan fingerprint density at radius 2 is 2.04 bits per heavy atom. The molecule has 1 aromatic carbocycles. The predicted octanol–water partition coefficient (Wildman–Crippen LogP) is 2.29. The minimum atomic E-state index is -0.432. The van der Waals surface area contributed by atoms with Crippen molar-refractivity contribution in [1.29, 1.82) is 0 Å². The summed E-state index contributed by atoms with van der Waals surface area (Å²) in [6, 6.07) is 7.66. The maximum absolute atomic E-state index is 12.0. The molecule has 1 aliphatic rings. The Hall–Kier alpha value is -1.70. The van der Waals surface area contributed by atoms with E-state index in [-0.39, 0.29) is 6.10 Å². The summed E-state index contributed by atoms with van der Waals surface area (Å²) in [5.74, 6) is -0.432. The second-order valence-electron chi connectivity index (χ2n) is 6.32. The number of esters is 1. The molecule has 1 N–H and O–H groups in total. The number of fused-ring (bicyclic) bond motifs is 1. The van der Waals surface area contributed by atoms with Crippen LogP contribution >= 0.6 is 15.9 Å². The number of piperazine rings is 1. The highest BCUT2D eigenvalue weighted by molar-refractivity contribution is 9.10. The van der Waals surface area contributed by atoms with Gasteiger partial charge in [-0.25, -0.2) is 9.78 Å². The van der Waals surface area contributed by atoms with Crippen LogP contribution in [0.5, 0.6) is 0 Å². The quantitative estimate of drug-likeness (QED) is 0.784. The normalized spacial score (nSPS) is 16.9. The smallest absolute Gasteiger partial charge is 0.356 e. The summed E-state index contributed by atoms with van der Waals surface area (Å²) in [6.07, 6.45) is -0.324. The van der Waals surface area contributed by atoms with Crippen LogP contribution in [0.4, 0.5) is 5.69 Å². The van der Waals surface area contributed by atoms with Crippen LogP contribution in [0, 0.1) is 0 Å². The van der Waals surface area contributed by atoms with Crippen LogP contribution in [0.15, 0.2) is 28.7 Å². The van der Waals surface area contributed by atoms with Crippen LogP contribution in [0.25, 0.3) is 10.9 Å². The van der Waals surface area contributed by atoms with Crippen molar-refractivity contribution in [2.75, 3.05) is 44.7 Å². The molecule has 134 valence electrons. The number of hydrogen-bond acceptors (Lipinski definition) is 6. The third-order valence-electron chi connectivity index (χ3n) is 4.38. The molecule has 1 aliphatic heterocycles. The molecule has 0 aliphatic carbocycles. The molecule has 3 rings (SSSR count). The molecule has 0 spiro atoms. The predicted molar refractivity (Wildman–Crippen MR) is 101 cm³/mol. The van der Waals surface area contributed by atoms with Crippen molar-refractivity contribution >= 4 is 38.5 Å². The van der Waals surface area contributed by atoms with Crippen LogP contribution in [0.1, 0.15) is 17.4 Å². The van der Waals surface area contributed by atoms with Crippen LogP contribution in [-0.4, -0.2) is 66.9 Å². The fraction of sp³-hybridized carbons (Fsp3) is 0.444. The zero-order valence-electron chi connectivity index (χ0n) is 14.4. The molecule has 0 saturated carbocycles. The molecule has 1 aromatic heterocycles. The lowest BCUT2D eigenvalue weighted by atomic mass is 10.1. The van der Waals surface area contributed by atoms with Crippen molar-refractivity contribution in [3.63, 3.8) is 0 Å². The summed E-state index contributed by atoms with van der Waals surface area (Å²) >= 11 is 3.51. The number of hydrogen-bond donors (Lipinski definition) is 1. The maximum atomic E-state index is 12.0. The number of halogens is 1. The number of nitrogens with zero attached hydrogens (tertiary/aromatic N) is 3. The minimum absolute atomic E-state index is 0.318. The standard InChI is InChI=1S/C18H22BrN3O3/c1-12(23)11-21-5-7-22(8-6-21)17-10-16(18(24)25-2)20-15-4-3-13(19)9-14(15)17/h3-4,9-10,12,23H,5-8,11H2,1-2H3/t12-/m1/s1. The molecule has 2 aromatic rings. The second kappa shape index (κ2) is 7.68. The molecule has 25 heavy (non-hydrogen) atoms. The summed E-state index contributed by atoms with van der Waals surface area (Å²) < 4.78 is 5.82. The summed E-state index contributed by atoms with van der Waals surface area (Å²) in [7, 11) is 1.37. The number of aliphatic hydroxyl groups excluding tert-OH is 1. The van der Waals surface area contributed by atoms with Gasteiger partial charge >= 0.3 is 5.97 Å². The van der Waals surface area contributed by atoms with E-state index in [0.29, 0.717) is 12.2 Å². The second-order valence-corrected chi connectivity index (χ2v) is 7.23. The highest BCUT2D eigenvalue weighted by Crippen LogP contribution is 2.30. The van der Waals surface area contributed by atoms with Gasteiger partial charge in [0.1, 0.15) is 0 Å². The van der Waals surface area contributed by atoms with Gasteiger partial charge in [-0.2, -0.15) is 0 Å². The van der Waals surface area contributed by atoms with Crippen molar-refractivity contribution in [3.05, 3.63) is 34.4 Å². The fourth-order valence-corrected chi connectivity index (χ4v) is 3.56. The molecule has 0 amide bonds. The van der Waals surface area contributed by atoms with E-state index in [1.807, 2.05) is 31.2 Å². The first-order chi connectivity index (χ1) is 12.0. The molecule has 7 heteroatoms. The Labute approximate surface area is 155 Å². The molecule has 1 fully saturated rings. The fourth-order valence-electron chi connectivity index (χ4n) is 3.20. The van der Waals surface area contributed by atoms with E-state index < -0.39 is 5.97 Å². The Kier molecular flexibility index (Phi) is 5.56. The lowest BCUT2D eigenvalue weighted by Gasteiger charge is -2.37. The molecule has 2 heterocycles. The molecular weight excluding hydrogens is 386 g/mol. The van der Waals surface area contributed by atoms with Gasteiger partial charge in [-0.3, -0.25) is 4.90 Å². The average Bonchev–Trinajstić information content (AvgIpc) is 2.60. The van der Waals surface area contributed by atoms with Crippen molar-refractivity contribution in [1.82, 2.24) is 9.88 Å². The average molecular weight is 408 g/mol. The number of aliphatic hydroxyl groups is 1. The Morgan fingerprint density at radius 1 is 1.32 bits per heavy atom. The Bertz CT molecular complexity index is 773. The monoisotopic (exact) mass is 407 g/mol. The topological polar surface area (TPSA) is 65.9 Å². The molecule has 6 nitrogen and oxygen atoms in total. The van der Waals surface area contributed by atoms with E-state index in [1.165, 1.54) is 7.11 Å². The number of methoxy groups -OCH3 is 1. The third kappa shape index (κ3) is 4.11. The van der Waals surface area contributed by atoms with Crippen LogP contribution in [-0.2, 0) is 4.74 Å².